The summed E-state index contributed by atoms with van der Waals surface area (Å²) < 4.78 is 5.61. The number of nitrogens with one attached hydrogen (secondary N) is 1. The Bertz CT molecular complexity index is 231. The van der Waals surface area contributed by atoms with E-state index in [4.69, 9.17) is 4.74 Å². The lowest BCUT2D eigenvalue weighted by Gasteiger charge is -2.37. The minimum atomic E-state index is 0.178. The number of nitrogens with zero attached hydrogens (tertiary/aromatic N) is 1. The molecule has 0 saturated carbocycles. The lowest BCUT2D eigenvalue weighted by Crippen LogP contribution is -2.51. The molecule has 0 aliphatic carbocycles. The summed E-state index contributed by atoms with van der Waals surface area (Å²) in [5, 5.41) is 3.19. The number of hydrogen-bond donors (Lipinski definition) is 1. The van der Waals surface area contributed by atoms with E-state index >= 15 is 0 Å². The van der Waals surface area contributed by atoms with Crippen LogP contribution in [0.1, 0.15) is 20.3 Å². The predicted octanol–water partition coefficient (Wildman–Crippen LogP) is 0.232. The second-order valence-corrected chi connectivity index (χ2v) is 4.78. The van der Waals surface area contributed by atoms with Crippen LogP contribution in [0, 0.1) is 5.92 Å². The fourth-order valence-corrected chi connectivity index (χ4v) is 2.25. The zero-order chi connectivity index (χ0) is 10.8. The molecule has 0 radical (unpaired) electrons. The van der Waals surface area contributed by atoms with Crippen LogP contribution < -0.4 is 5.32 Å². The molecule has 0 spiro atoms. The molecule has 0 aromatic rings. The molecule has 0 unspecified atom stereocenters. The fourth-order valence-electron chi connectivity index (χ4n) is 2.25. The van der Waals surface area contributed by atoms with Gasteiger partial charge in [-0.15, -0.1) is 0 Å². The Kier molecular flexibility index (Phi) is 3.26. The largest absolute Gasteiger partial charge is 0.372 e. The van der Waals surface area contributed by atoms with Gasteiger partial charge in [-0.1, -0.05) is 0 Å². The van der Waals surface area contributed by atoms with Gasteiger partial charge < -0.3 is 15.0 Å². The summed E-state index contributed by atoms with van der Waals surface area (Å²) in [5.74, 6) is 0.856. The van der Waals surface area contributed by atoms with Crippen LogP contribution in [0.25, 0.3) is 0 Å². The topological polar surface area (TPSA) is 41.6 Å². The van der Waals surface area contributed by atoms with E-state index in [-0.39, 0.29) is 12.2 Å². The fraction of sp³-hybridized carbons (Fsp3) is 0.909. The third kappa shape index (κ3) is 2.69. The molecule has 2 saturated heterocycles. The number of morpholine rings is 1. The summed E-state index contributed by atoms with van der Waals surface area (Å²) in [6, 6.07) is 0. The molecule has 1 N–H and O–H groups in total. The predicted molar refractivity (Wildman–Crippen MR) is 57.6 cm³/mol. The Labute approximate surface area is 91.0 Å². The first kappa shape index (κ1) is 10.9. The standard InChI is InChI=1S/C11H20N2O2/c1-8-6-13(7-9(2)15-8)11(14)3-10-4-12-5-10/h8-10,12H,3-7H2,1-2H3/t8-,9+. The lowest BCUT2D eigenvalue weighted by atomic mass is 9.98. The molecular weight excluding hydrogens is 192 g/mol. The van der Waals surface area contributed by atoms with Gasteiger partial charge in [-0.25, -0.2) is 0 Å². The molecular formula is C11H20N2O2. The van der Waals surface area contributed by atoms with Gasteiger partial charge in [0, 0.05) is 19.5 Å². The summed E-state index contributed by atoms with van der Waals surface area (Å²) in [4.78, 5) is 13.9. The highest BCUT2D eigenvalue weighted by Gasteiger charge is 2.28. The van der Waals surface area contributed by atoms with E-state index in [1.807, 2.05) is 18.7 Å². The van der Waals surface area contributed by atoms with Crippen LogP contribution in [0.2, 0.25) is 0 Å². The Morgan fingerprint density at radius 1 is 1.33 bits per heavy atom. The van der Waals surface area contributed by atoms with Crippen LogP contribution >= 0.6 is 0 Å². The maximum absolute atomic E-state index is 11.9. The molecule has 2 atom stereocenters. The van der Waals surface area contributed by atoms with E-state index in [2.05, 4.69) is 5.32 Å². The highest BCUT2D eigenvalue weighted by Crippen LogP contribution is 2.15. The number of rotatable bonds is 2. The van der Waals surface area contributed by atoms with E-state index in [1.54, 1.807) is 0 Å². The van der Waals surface area contributed by atoms with Gasteiger partial charge in [0.15, 0.2) is 0 Å². The van der Waals surface area contributed by atoms with Gasteiger partial charge in [0.25, 0.3) is 0 Å². The molecule has 0 aromatic heterocycles. The summed E-state index contributed by atoms with van der Waals surface area (Å²) in [6.07, 6.45) is 1.06. The molecule has 2 aliphatic heterocycles. The minimum Gasteiger partial charge on any atom is -0.372 e. The van der Waals surface area contributed by atoms with Crippen LogP contribution in [0.4, 0.5) is 0 Å². The molecule has 4 heteroatoms. The molecule has 2 rings (SSSR count). The van der Waals surface area contributed by atoms with Crippen molar-refractivity contribution in [2.24, 2.45) is 5.92 Å². The van der Waals surface area contributed by atoms with E-state index in [1.165, 1.54) is 0 Å². The van der Waals surface area contributed by atoms with E-state index in [9.17, 15) is 4.79 Å². The summed E-state index contributed by atoms with van der Waals surface area (Å²) in [6.45, 7) is 7.57. The van der Waals surface area contributed by atoms with Crippen LogP contribution in [0.5, 0.6) is 0 Å². The number of ether oxygens (including phenoxy) is 1. The second kappa shape index (κ2) is 4.49. The van der Waals surface area contributed by atoms with Crippen molar-refractivity contribution in [2.75, 3.05) is 26.2 Å². The number of hydrogen-bond acceptors (Lipinski definition) is 3. The van der Waals surface area contributed by atoms with Crippen LogP contribution in [0.3, 0.4) is 0 Å². The van der Waals surface area contributed by atoms with Crippen molar-refractivity contribution in [2.45, 2.75) is 32.5 Å². The van der Waals surface area contributed by atoms with Crippen LogP contribution in [-0.2, 0) is 9.53 Å². The first-order chi connectivity index (χ1) is 7.15. The monoisotopic (exact) mass is 212 g/mol. The van der Waals surface area contributed by atoms with E-state index in [0.29, 0.717) is 18.2 Å². The molecule has 2 fully saturated rings. The molecule has 1 amide bonds. The molecule has 2 aliphatic rings. The van der Waals surface area contributed by atoms with Gasteiger partial charge in [-0.3, -0.25) is 4.79 Å². The SMILES string of the molecule is C[C@@H]1CN(C(=O)CC2CNC2)C[C@H](C)O1. The highest BCUT2D eigenvalue weighted by atomic mass is 16.5. The quantitative estimate of drug-likeness (QED) is 0.712. The molecule has 15 heavy (non-hydrogen) atoms. The van der Waals surface area contributed by atoms with Gasteiger partial charge in [0.1, 0.15) is 0 Å². The Morgan fingerprint density at radius 3 is 2.40 bits per heavy atom. The zero-order valence-corrected chi connectivity index (χ0v) is 9.53. The van der Waals surface area contributed by atoms with E-state index in [0.717, 1.165) is 26.2 Å². The molecule has 86 valence electrons. The van der Waals surface area contributed by atoms with Crippen molar-refractivity contribution >= 4 is 5.91 Å². The highest BCUT2D eigenvalue weighted by molar-refractivity contribution is 5.76. The third-order valence-electron chi connectivity index (χ3n) is 3.10. The zero-order valence-electron chi connectivity index (χ0n) is 9.53. The molecule has 4 nitrogen and oxygen atoms in total. The van der Waals surface area contributed by atoms with Gasteiger partial charge in [0.2, 0.25) is 5.91 Å². The minimum absolute atomic E-state index is 0.178. The van der Waals surface area contributed by atoms with Crippen LogP contribution in [-0.4, -0.2) is 49.2 Å². The van der Waals surface area contributed by atoms with Crippen molar-refractivity contribution in [3.63, 3.8) is 0 Å². The summed E-state index contributed by atoms with van der Waals surface area (Å²) in [7, 11) is 0. The Balaban J connectivity index is 1.82. The number of carbonyl (C=O) groups is 1. The van der Waals surface area contributed by atoms with Gasteiger partial charge in [-0.2, -0.15) is 0 Å². The van der Waals surface area contributed by atoms with Crippen molar-refractivity contribution in [3.8, 4) is 0 Å². The number of carbonyl (C=O) groups excluding carboxylic acids is 1. The van der Waals surface area contributed by atoms with Crippen molar-refractivity contribution < 1.29 is 9.53 Å². The second-order valence-electron chi connectivity index (χ2n) is 4.78. The lowest BCUT2D eigenvalue weighted by molar-refractivity contribution is -0.144. The average Bonchev–Trinajstić information content (AvgIpc) is 2.09. The first-order valence-electron chi connectivity index (χ1n) is 5.79. The van der Waals surface area contributed by atoms with Gasteiger partial charge in [0.05, 0.1) is 12.2 Å². The third-order valence-corrected chi connectivity index (χ3v) is 3.10. The summed E-state index contributed by atoms with van der Waals surface area (Å²) >= 11 is 0. The molecule has 0 aromatic carbocycles. The maximum atomic E-state index is 11.9. The Morgan fingerprint density at radius 2 is 1.93 bits per heavy atom. The molecule has 2 heterocycles. The van der Waals surface area contributed by atoms with Crippen molar-refractivity contribution in [1.29, 1.82) is 0 Å². The summed E-state index contributed by atoms with van der Waals surface area (Å²) in [5.41, 5.74) is 0. The first-order valence-corrected chi connectivity index (χ1v) is 5.79. The average molecular weight is 212 g/mol. The van der Waals surface area contributed by atoms with Gasteiger partial charge >= 0.3 is 0 Å². The van der Waals surface area contributed by atoms with Crippen molar-refractivity contribution in [3.05, 3.63) is 0 Å². The normalized spacial score (nSPS) is 32.5. The van der Waals surface area contributed by atoms with Gasteiger partial charge in [-0.05, 0) is 32.9 Å². The smallest absolute Gasteiger partial charge is 0.223 e. The Hall–Kier alpha value is -0.610. The van der Waals surface area contributed by atoms with Crippen molar-refractivity contribution in [1.82, 2.24) is 10.2 Å². The number of amides is 1. The molecule has 0 bridgehead atoms. The maximum Gasteiger partial charge on any atom is 0.223 e. The van der Waals surface area contributed by atoms with E-state index < -0.39 is 0 Å². The van der Waals surface area contributed by atoms with Crippen LogP contribution in [0.15, 0.2) is 0 Å².